The molecule has 2 aromatic heterocycles. The summed E-state index contributed by atoms with van der Waals surface area (Å²) in [7, 11) is 0. The first kappa shape index (κ1) is 14.1. The van der Waals surface area contributed by atoms with Crippen LogP contribution in [-0.4, -0.2) is 35.5 Å². The molecular weight excluding hydrogens is 371 g/mol. The van der Waals surface area contributed by atoms with E-state index in [1.807, 2.05) is 28.9 Å². The number of pyridine rings is 1. The number of aromatic nitrogens is 2. The van der Waals surface area contributed by atoms with E-state index < -0.39 is 0 Å². The van der Waals surface area contributed by atoms with Crippen molar-refractivity contribution in [3.05, 3.63) is 28.2 Å². The van der Waals surface area contributed by atoms with Crippen molar-refractivity contribution in [1.82, 2.24) is 9.38 Å². The van der Waals surface area contributed by atoms with Crippen LogP contribution in [0.1, 0.15) is 19.3 Å². The monoisotopic (exact) mass is 388 g/mol. The molecule has 0 saturated carbocycles. The Kier molecular flexibility index (Phi) is 4.74. The van der Waals surface area contributed by atoms with Gasteiger partial charge in [-0.3, -0.25) is 4.40 Å². The van der Waals surface area contributed by atoms with Crippen LogP contribution in [0.25, 0.3) is 5.65 Å². The zero-order valence-corrected chi connectivity index (χ0v) is 13.3. The molecule has 1 unspecified atom stereocenters. The smallest absolute Gasteiger partial charge is 0.157 e. The summed E-state index contributed by atoms with van der Waals surface area (Å²) in [5.74, 6) is 0.813. The zero-order valence-electron chi connectivity index (χ0n) is 11.1. The first-order valence-corrected chi connectivity index (χ1v) is 7.89. The van der Waals surface area contributed by atoms with Crippen LogP contribution in [0.4, 0.5) is 0 Å². The van der Waals surface area contributed by atoms with Crippen molar-refractivity contribution in [2.45, 2.75) is 25.6 Å². The van der Waals surface area contributed by atoms with E-state index in [2.05, 4.69) is 27.6 Å². The summed E-state index contributed by atoms with van der Waals surface area (Å²) < 4.78 is 19.9. The fourth-order valence-corrected chi connectivity index (χ4v) is 2.75. The highest BCUT2D eigenvalue weighted by Crippen LogP contribution is 2.17. The molecular formula is C14H17IN2O3. The van der Waals surface area contributed by atoms with Gasteiger partial charge in [0.25, 0.3) is 0 Å². The van der Waals surface area contributed by atoms with Crippen molar-refractivity contribution < 1.29 is 14.2 Å². The fraction of sp³-hybridized carbons (Fsp3) is 0.500. The van der Waals surface area contributed by atoms with Crippen LogP contribution in [0, 0.1) is 3.70 Å². The van der Waals surface area contributed by atoms with E-state index in [0.29, 0.717) is 13.2 Å². The number of ether oxygens (including phenoxy) is 3. The van der Waals surface area contributed by atoms with Crippen molar-refractivity contribution >= 4 is 28.2 Å². The minimum atomic E-state index is -0.0521. The van der Waals surface area contributed by atoms with Crippen molar-refractivity contribution in [2.75, 3.05) is 19.8 Å². The van der Waals surface area contributed by atoms with Gasteiger partial charge in [0.2, 0.25) is 0 Å². The van der Waals surface area contributed by atoms with Gasteiger partial charge >= 0.3 is 0 Å². The summed E-state index contributed by atoms with van der Waals surface area (Å²) in [4.78, 5) is 4.30. The summed E-state index contributed by atoms with van der Waals surface area (Å²) in [5.41, 5.74) is 0.892. The maximum atomic E-state index is 5.68. The molecule has 0 bridgehead atoms. The van der Waals surface area contributed by atoms with Gasteiger partial charge < -0.3 is 14.2 Å². The number of halogens is 1. The van der Waals surface area contributed by atoms with Gasteiger partial charge in [-0.1, -0.05) is 0 Å². The lowest BCUT2D eigenvalue weighted by Gasteiger charge is -2.22. The van der Waals surface area contributed by atoms with E-state index in [4.69, 9.17) is 14.2 Å². The van der Waals surface area contributed by atoms with E-state index in [0.717, 1.165) is 34.5 Å². The van der Waals surface area contributed by atoms with Gasteiger partial charge in [0.15, 0.2) is 6.29 Å². The number of fused-ring (bicyclic) bond motifs is 1. The molecule has 0 radical (unpaired) electrons. The van der Waals surface area contributed by atoms with E-state index >= 15 is 0 Å². The number of hydrogen-bond donors (Lipinski definition) is 0. The SMILES string of the molecule is Ic1cnc2cc(OCCOC3CCCCO3)ccn12. The standard InChI is InChI=1S/C14H17IN2O3/c15-12-10-16-13-9-11(4-5-17(12)13)18-7-8-20-14-3-1-2-6-19-14/h4-5,9-10,14H,1-3,6-8H2. The Morgan fingerprint density at radius 1 is 1.40 bits per heavy atom. The topological polar surface area (TPSA) is 45.0 Å². The van der Waals surface area contributed by atoms with Crippen molar-refractivity contribution in [1.29, 1.82) is 0 Å². The highest BCUT2D eigenvalue weighted by molar-refractivity contribution is 14.1. The second kappa shape index (κ2) is 6.73. The van der Waals surface area contributed by atoms with Crippen LogP contribution in [0.5, 0.6) is 5.75 Å². The highest BCUT2D eigenvalue weighted by Gasteiger charge is 2.13. The molecule has 0 N–H and O–H groups in total. The minimum Gasteiger partial charge on any atom is -0.491 e. The molecule has 1 saturated heterocycles. The van der Waals surface area contributed by atoms with E-state index in [1.165, 1.54) is 6.42 Å². The largest absolute Gasteiger partial charge is 0.491 e. The average molecular weight is 388 g/mol. The molecule has 3 rings (SSSR count). The molecule has 1 atom stereocenters. The molecule has 2 aromatic rings. The van der Waals surface area contributed by atoms with Gasteiger partial charge in [-0.15, -0.1) is 0 Å². The Hall–Kier alpha value is -0.860. The van der Waals surface area contributed by atoms with Crippen molar-refractivity contribution in [2.24, 2.45) is 0 Å². The molecule has 20 heavy (non-hydrogen) atoms. The molecule has 0 aromatic carbocycles. The Bertz CT molecular complexity index is 567. The molecule has 1 aliphatic heterocycles. The molecule has 1 fully saturated rings. The molecule has 0 amide bonds. The number of rotatable bonds is 5. The lowest BCUT2D eigenvalue weighted by atomic mass is 10.2. The van der Waals surface area contributed by atoms with E-state index in [1.54, 1.807) is 0 Å². The van der Waals surface area contributed by atoms with Gasteiger partial charge in [0.1, 0.15) is 21.7 Å². The van der Waals surface area contributed by atoms with Crippen molar-refractivity contribution in [3.8, 4) is 5.75 Å². The Labute approximate surface area is 131 Å². The minimum absolute atomic E-state index is 0.0521. The highest BCUT2D eigenvalue weighted by atomic mass is 127. The molecule has 6 heteroatoms. The maximum absolute atomic E-state index is 5.68. The van der Waals surface area contributed by atoms with Crippen LogP contribution in [0.15, 0.2) is 24.5 Å². The summed E-state index contributed by atoms with van der Waals surface area (Å²) in [5, 5.41) is 0. The van der Waals surface area contributed by atoms with Crippen LogP contribution in [0.3, 0.4) is 0 Å². The van der Waals surface area contributed by atoms with Crippen LogP contribution < -0.4 is 4.74 Å². The van der Waals surface area contributed by atoms with Crippen LogP contribution >= 0.6 is 22.6 Å². The third-order valence-corrected chi connectivity index (χ3v) is 4.03. The second-order valence-electron chi connectivity index (χ2n) is 4.69. The second-order valence-corrected chi connectivity index (χ2v) is 5.79. The van der Waals surface area contributed by atoms with Gasteiger partial charge in [-0.25, -0.2) is 4.98 Å². The normalized spacial score (nSPS) is 19.4. The quantitative estimate of drug-likeness (QED) is 0.584. The number of imidazole rings is 1. The lowest BCUT2D eigenvalue weighted by molar-refractivity contribution is -0.165. The van der Waals surface area contributed by atoms with Gasteiger partial charge in [0, 0.05) is 18.9 Å². The maximum Gasteiger partial charge on any atom is 0.157 e. The molecule has 0 spiro atoms. The molecule has 1 aliphatic rings. The summed E-state index contributed by atoms with van der Waals surface area (Å²) in [6, 6.07) is 3.87. The summed E-state index contributed by atoms with van der Waals surface area (Å²) in [6.45, 7) is 1.87. The first-order chi connectivity index (χ1) is 9.83. The third kappa shape index (κ3) is 3.42. The third-order valence-electron chi connectivity index (χ3n) is 3.23. The van der Waals surface area contributed by atoms with Gasteiger partial charge in [-0.2, -0.15) is 0 Å². The number of hydrogen-bond acceptors (Lipinski definition) is 4. The summed E-state index contributed by atoms with van der Waals surface area (Å²) in [6.07, 6.45) is 7.05. The van der Waals surface area contributed by atoms with E-state index in [9.17, 15) is 0 Å². The fourth-order valence-electron chi connectivity index (χ4n) is 2.20. The first-order valence-electron chi connectivity index (χ1n) is 6.81. The average Bonchev–Trinajstić information content (AvgIpc) is 2.86. The van der Waals surface area contributed by atoms with Crippen LogP contribution in [-0.2, 0) is 9.47 Å². The lowest BCUT2D eigenvalue weighted by Crippen LogP contribution is -2.24. The Morgan fingerprint density at radius 3 is 3.20 bits per heavy atom. The zero-order chi connectivity index (χ0) is 13.8. The van der Waals surface area contributed by atoms with Crippen LogP contribution in [0.2, 0.25) is 0 Å². The number of nitrogens with zero attached hydrogens (tertiary/aromatic N) is 2. The molecule has 0 aliphatic carbocycles. The summed E-state index contributed by atoms with van der Waals surface area (Å²) >= 11 is 2.25. The Morgan fingerprint density at radius 2 is 2.35 bits per heavy atom. The molecule has 108 valence electrons. The van der Waals surface area contributed by atoms with E-state index in [-0.39, 0.29) is 6.29 Å². The predicted octanol–water partition coefficient (Wildman–Crippen LogP) is 2.86. The van der Waals surface area contributed by atoms with Crippen molar-refractivity contribution in [3.63, 3.8) is 0 Å². The van der Waals surface area contributed by atoms with Gasteiger partial charge in [0.05, 0.1) is 12.8 Å². The van der Waals surface area contributed by atoms with Gasteiger partial charge in [-0.05, 0) is 47.9 Å². The predicted molar refractivity (Wildman–Crippen MR) is 82.9 cm³/mol. The molecule has 3 heterocycles. The Balaban J connectivity index is 1.47. The molecule has 5 nitrogen and oxygen atoms in total.